The Morgan fingerprint density at radius 1 is 1.25 bits per heavy atom. The summed E-state index contributed by atoms with van der Waals surface area (Å²) in [4.78, 5) is 22.6. The minimum atomic E-state index is -4.75. The number of hydrogen-bond acceptors (Lipinski definition) is 2. The lowest BCUT2D eigenvalue weighted by Crippen LogP contribution is -2.49. The number of hydrogen-bond donors (Lipinski definition) is 2. The Kier molecular flexibility index (Phi) is 3.61. The van der Waals surface area contributed by atoms with Gasteiger partial charge < -0.3 is 10.0 Å². The van der Waals surface area contributed by atoms with Gasteiger partial charge in [-0.1, -0.05) is 0 Å². The molecule has 0 aromatic heterocycles. The molecule has 5 nitrogen and oxygen atoms in total. The number of piperidine rings is 1. The molecule has 0 saturated carbocycles. The SMILES string of the molecule is O=C(O)C1CCN(C(=O)NC(F)(F)F)CC1. The largest absolute Gasteiger partial charge is 0.485 e. The standard InChI is InChI=1S/C8H11F3N2O3/c9-8(10,11)12-7(16)13-3-1-5(2-4-13)6(14)15/h5H,1-4H2,(H,12,16)(H,14,15). The first-order valence-electron chi connectivity index (χ1n) is 4.66. The van der Waals surface area contributed by atoms with Crippen molar-refractivity contribution in [2.75, 3.05) is 13.1 Å². The molecule has 0 spiro atoms. The second kappa shape index (κ2) is 4.58. The van der Waals surface area contributed by atoms with E-state index in [1.54, 1.807) is 0 Å². The lowest BCUT2D eigenvalue weighted by Gasteiger charge is -2.30. The summed E-state index contributed by atoms with van der Waals surface area (Å²) in [6.07, 6.45) is -4.39. The topological polar surface area (TPSA) is 69.6 Å². The highest BCUT2D eigenvalue weighted by Crippen LogP contribution is 2.18. The van der Waals surface area contributed by atoms with E-state index in [0.717, 1.165) is 10.2 Å². The van der Waals surface area contributed by atoms with Crippen molar-refractivity contribution in [3.05, 3.63) is 0 Å². The number of carboxylic acid groups (broad SMARTS) is 1. The van der Waals surface area contributed by atoms with E-state index < -0.39 is 24.2 Å². The maximum Gasteiger partial charge on any atom is 0.485 e. The quantitative estimate of drug-likeness (QED) is 0.672. The number of amides is 2. The number of aliphatic carboxylic acids is 1. The molecule has 1 aliphatic heterocycles. The van der Waals surface area contributed by atoms with Gasteiger partial charge in [-0.05, 0) is 12.8 Å². The predicted octanol–water partition coefficient (Wildman–Crippen LogP) is 1.01. The molecule has 0 aliphatic carbocycles. The number of alkyl halides is 3. The molecular weight excluding hydrogens is 229 g/mol. The zero-order valence-electron chi connectivity index (χ0n) is 8.25. The van der Waals surface area contributed by atoms with Crippen LogP contribution in [0.5, 0.6) is 0 Å². The summed E-state index contributed by atoms with van der Waals surface area (Å²) in [5.74, 6) is -1.55. The minimum Gasteiger partial charge on any atom is -0.481 e. The molecule has 2 amide bonds. The fourth-order valence-electron chi connectivity index (χ4n) is 1.53. The molecule has 1 fully saturated rings. The van der Waals surface area contributed by atoms with E-state index in [1.807, 2.05) is 0 Å². The van der Waals surface area contributed by atoms with Crippen molar-refractivity contribution in [1.29, 1.82) is 0 Å². The second-order valence-corrected chi connectivity index (χ2v) is 3.53. The summed E-state index contributed by atoms with van der Waals surface area (Å²) in [7, 11) is 0. The van der Waals surface area contributed by atoms with Gasteiger partial charge in [-0.15, -0.1) is 0 Å². The van der Waals surface area contributed by atoms with Crippen LogP contribution in [-0.2, 0) is 4.79 Å². The lowest BCUT2D eigenvalue weighted by atomic mass is 9.97. The Bertz CT molecular complexity index is 285. The Hall–Kier alpha value is -1.47. The van der Waals surface area contributed by atoms with Gasteiger partial charge in [-0.2, -0.15) is 13.2 Å². The van der Waals surface area contributed by atoms with E-state index in [-0.39, 0.29) is 25.9 Å². The van der Waals surface area contributed by atoms with Crippen LogP contribution >= 0.6 is 0 Å². The van der Waals surface area contributed by atoms with Gasteiger partial charge in [0.2, 0.25) is 0 Å². The number of carbonyl (C=O) groups excluding carboxylic acids is 1. The van der Waals surface area contributed by atoms with Crippen LogP contribution in [0.25, 0.3) is 0 Å². The van der Waals surface area contributed by atoms with Gasteiger partial charge in [-0.25, -0.2) is 10.1 Å². The van der Waals surface area contributed by atoms with E-state index in [2.05, 4.69) is 0 Å². The number of rotatable bonds is 1. The average Bonchev–Trinajstić information content (AvgIpc) is 2.15. The van der Waals surface area contributed by atoms with Crippen molar-refractivity contribution in [2.24, 2.45) is 5.92 Å². The van der Waals surface area contributed by atoms with Gasteiger partial charge in [-0.3, -0.25) is 4.79 Å². The molecule has 0 unspecified atom stereocenters. The van der Waals surface area contributed by atoms with Crippen molar-refractivity contribution >= 4 is 12.0 Å². The van der Waals surface area contributed by atoms with Gasteiger partial charge in [0.05, 0.1) is 5.92 Å². The molecule has 8 heteroatoms. The van der Waals surface area contributed by atoms with Crippen LogP contribution in [-0.4, -0.2) is 41.4 Å². The number of nitrogens with one attached hydrogen (secondary N) is 1. The van der Waals surface area contributed by atoms with Gasteiger partial charge in [0.1, 0.15) is 0 Å². The normalized spacial score (nSPS) is 18.3. The summed E-state index contributed by atoms with van der Waals surface area (Å²) in [6, 6.07) is -1.23. The zero-order chi connectivity index (χ0) is 12.3. The number of urea groups is 1. The summed E-state index contributed by atoms with van der Waals surface area (Å²) >= 11 is 0. The minimum absolute atomic E-state index is 0.0267. The first kappa shape index (κ1) is 12.6. The zero-order valence-corrected chi connectivity index (χ0v) is 8.25. The van der Waals surface area contributed by atoms with Gasteiger partial charge >= 0.3 is 18.3 Å². The molecule has 0 atom stereocenters. The van der Waals surface area contributed by atoms with Crippen molar-refractivity contribution in [1.82, 2.24) is 10.2 Å². The Morgan fingerprint density at radius 3 is 2.12 bits per heavy atom. The highest BCUT2D eigenvalue weighted by molar-refractivity contribution is 5.75. The lowest BCUT2D eigenvalue weighted by molar-refractivity contribution is -0.149. The van der Waals surface area contributed by atoms with Crippen LogP contribution in [0.15, 0.2) is 0 Å². The Morgan fingerprint density at radius 2 is 1.75 bits per heavy atom. The first-order valence-corrected chi connectivity index (χ1v) is 4.66. The molecule has 0 aromatic carbocycles. The van der Waals surface area contributed by atoms with Crippen molar-refractivity contribution in [3.8, 4) is 0 Å². The average molecular weight is 240 g/mol. The van der Waals surface area contributed by atoms with Gasteiger partial charge in [0.25, 0.3) is 0 Å². The van der Waals surface area contributed by atoms with E-state index in [0.29, 0.717) is 0 Å². The van der Waals surface area contributed by atoms with Crippen LogP contribution < -0.4 is 5.32 Å². The maximum atomic E-state index is 11.8. The van der Waals surface area contributed by atoms with Crippen molar-refractivity contribution in [3.63, 3.8) is 0 Å². The first-order chi connectivity index (χ1) is 7.29. The molecule has 16 heavy (non-hydrogen) atoms. The van der Waals surface area contributed by atoms with Crippen molar-refractivity contribution < 1.29 is 27.9 Å². The smallest absolute Gasteiger partial charge is 0.481 e. The summed E-state index contributed by atoms with van der Waals surface area (Å²) in [5.41, 5.74) is 0. The van der Waals surface area contributed by atoms with E-state index >= 15 is 0 Å². The molecular formula is C8H11F3N2O3. The van der Waals surface area contributed by atoms with Crippen LogP contribution in [0.1, 0.15) is 12.8 Å². The van der Waals surface area contributed by atoms with Crippen LogP contribution in [0.3, 0.4) is 0 Å². The highest BCUT2D eigenvalue weighted by Gasteiger charge is 2.34. The number of halogens is 3. The molecule has 0 aromatic rings. The third-order valence-electron chi connectivity index (χ3n) is 2.38. The molecule has 2 N–H and O–H groups in total. The van der Waals surface area contributed by atoms with Gasteiger partial charge in [0, 0.05) is 13.1 Å². The van der Waals surface area contributed by atoms with Crippen molar-refractivity contribution in [2.45, 2.75) is 19.1 Å². The molecule has 1 saturated heterocycles. The molecule has 1 rings (SSSR count). The number of likely N-dealkylation sites (tertiary alicyclic amines) is 1. The molecule has 0 radical (unpaired) electrons. The third-order valence-corrected chi connectivity index (χ3v) is 2.38. The van der Waals surface area contributed by atoms with Gasteiger partial charge in [0.15, 0.2) is 0 Å². The molecule has 1 heterocycles. The molecule has 92 valence electrons. The van der Waals surface area contributed by atoms with Crippen LogP contribution in [0, 0.1) is 5.92 Å². The maximum absolute atomic E-state index is 11.8. The van der Waals surface area contributed by atoms with E-state index in [1.165, 1.54) is 0 Å². The monoisotopic (exact) mass is 240 g/mol. The third kappa shape index (κ3) is 3.59. The fraction of sp³-hybridized carbons (Fsp3) is 0.750. The predicted molar refractivity (Wildman–Crippen MR) is 46.5 cm³/mol. The van der Waals surface area contributed by atoms with Crippen LogP contribution in [0.2, 0.25) is 0 Å². The van der Waals surface area contributed by atoms with E-state index in [4.69, 9.17) is 5.11 Å². The fourth-order valence-corrected chi connectivity index (χ4v) is 1.53. The number of carboxylic acids is 1. The second-order valence-electron chi connectivity index (χ2n) is 3.53. The summed E-state index contributed by atoms with van der Waals surface area (Å²) in [6.45, 7) is 0.0533. The Labute approximate surface area is 89.2 Å². The Balaban J connectivity index is 2.42. The summed E-state index contributed by atoms with van der Waals surface area (Å²) < 4.78 is 35.4. The number of carbonyl (C=O) groups is 2. The van der Waals surface area contributed by atoms with Crippen LogP contribution in [0.4, 0.5) is 18.0 Å². The molecule has 0 bridgehead atoms. The highest BCUT2D eigenvalue weighted by atomic mass is 19.4. The number of nitrogens with zero attached hydrogens (tertiary/aromatic N) is 1. The van der Waals surface area contributed by atoms with E-state index in [9.17, 15) is 22.8 Å². The molecule has 1 aliphatic rings. The summed E-state index contributed by atoms with van der Waals surface area (Å²) in [5, 5.41) is 9.52.